The van der Waals surface area contributed by atoms with Crippen LogP contribution >= 0.6 is 0 Å². The molecule has 0 amide bonds. The quantitative estimate of drug-likeness (QED) is 0.683. The molecule has 3 rings (SSSR count). The summed E-state index contributed by atoms with van der Waals surface area (Å²) in [7, 11) is 0. The minimum absolute atomic E-state index is 0.0618. The number of para-hydroxylation sites is 2. The van der Waals surface area contributed by atoms with Gasteiger partial charge in [0, 0.05) is 12.1 Å². The van der Waals surface area contributed by atoms with E-state index < -0.39 is 0 Å². The molecular formula is C16H16N3O+. The summed E-state index contributed by atoms with van der Waals surface area (Å²) in [6, 6.07) is 11.7. The molecule has 4 heteroatoms. The van der Waals surface area contributed by atoms with Gasteiger partial charge in [0.05, 0.1) is 17.5 Å². The van der Waals surface area contributed by atoms with Crippen molar-refractivity contribution in [1.29, 1.82) is 0 Å². The predicted octanol–water partition coefficient (Wildman–Crippen LogP) is 2.36. The standard InChI is InChI=1S/C16H16N3O/c1-13-6-9-18(10-7-13)11-8-16(20)19-12-17-14-4-2-3-5-15(14)19/h2-7,9-10,12H,8,11H2,1H3/q+1. The Bertz CT molecular complexity index is 744. The number of rotatable bonds is 3. The molecule has 0 radical (unpaired) electrons. The second kappa shape index (κ2) is 5.25. The molecule has 0 aliphatic carbocycles. The zero-order chi connectivity index (χ0) is 13.9. The molecule has 0 atom stereocenters. The van der Waals surface area contributed by atoms with Gasteiger partial charge in [-0.3, -0.25) is 9.36 Å². The van der Waals surface area contributed by atoms with Gasteiger partial charge < -0.3 is 0 Å². The molecule has 0 aliphatic heterocycles. The zero-order valence-corrected chi connectivity index (χ0v) is 11.4. The fourth-order valence-electron chi connectivity index (χ4n) is 2.18. The Morgan fingerprint density at radius 3 is 2.75 bits per heavy atom. The van der Waals surface area contributed by atoms with Crippen molar-refractivity contribution in [2.75, 3.05) is 0 Å². The molecule has 0 N–H and O–H groups in total. The topological polar surface area (TPSA) is 38.8 Å². The lowest BCUT2D eigenvalue weighted by Gasteiger charge is -2.01. The number of carbonyl (C=O) groups is 1. The lowest BCUT2D eigenvalue weighted by atomic mass is 10.3. The Labute approximate surface area is 117 Å². The number of hydrogen-bond donors (Lipinski definition) is 0. The zero-order valence-electron chi connectivity index (χ0n) is 11.4. The largest absolute Gasteiger partial charge is 0.274 e. The summed E-state index contributed by atoms with van der Waals surface area (Å²) in [6.45, 7) is 2.72. The van der Waals surface area contributed by atoms with Crippen molar-refractivity contribution in [3.63, 3.8) is 0 Å². The van der Waals surface area contributed by atoms with Crippen LogP contribution in [0.4, 0.5) is 0 Å². The monoisotopic (exact) mass is 266 g/mol. The first kappa shape index (κ1) is 12.5. The van der Waals surface area contributed by atoms with Gasteiger partial charge in [-0.15, -0.1) is 0 Å². The van der Waals surface area contributed by atoms with E-state index in [9.17, 15) is 4.79 Å². The molecule has 4 nitrogen and oxygen atoms in total. The van der Waals surface area contributed by atoms with Gasteiger partial charge in [-0.25, -0.2) is 9.55 Å². The van der Waals surface area contributed by atoms with Crippen molar-refractivity contribution in [2.45, 2.75) is 19.9 Å². The maximum Gasteiger partial charge on any atom is 0.238 e. The summed E-state index contributed by atoms with van der Waals surface area (Å²) in [6.07, 6.45) is 6.05. The van der Waals surface area contributed by atoms with Crippen LogP contribution in [0.3, 0.4) is 0 Å². The molecule has 0 aliphatic rings. The van der Waals surface area contributed by atoms with E-state index in [0.717, 1.165) is 11.0 Å². The lowest BCUT2D eigenvalue weighted by Crippen LogP contribution is -2.34. The van der Waals surface area contributed by atoms with E-state index in [4.69, 9.17) is 0 Å². The van der Waals surface area contributed by atoms with Crippen molar-refractivity contribution in [2.24, 2.45) is 0 Å². The number of aromatic nitrogens is 3. The first-order chi connectivity index (χ1) is 9.74. The molecule has 0 unspecified atom stereocenters. The van der Waals surface area contributed by atoms with Crippen LogP contribution in [-0.2, 0) is 6.54 Å². The van der Waals surface area contributed by atoms with E-state index in [2.05, 4.69) is 4.98 Å². The third-order valence-electron chi connectivity index (χ3n) is 3.36. The van der Waals surface area contributed by atoms with Gasteiger partial charge in [0.1, 0.15) is 6.33 Å². The van der Waals surface area contributed by atoms with Crippen molar-refractivity contribution < 1.29 is 9.36 Å². The van der Waals surface area contributed by atoms with Crippen molar-refractivity contribution in [3.05, 3.63) is 60.7 Å². The van der Waals surface area contributed by atoms with Gasteiger partial charge in [0.2, 0.25) is 5.91 Å². The van der Waals surface area contributed by atoms with Crippen LogP contribution in [0, 0.1) is 6.92 Å². The molecule has 2 heterocycles. The summed E-state index contributed by atoms with van der Waals surface area (Å²) in [4.78, 5) is 16.5. The minimum atomic E-state index is 0.0618. The van der Waals surface area contributed by atoms with E-state index in [1.54, 1.807) is 10.9 Å². The first-order valence-electron chi connectivity index (χ1n) is 6.65. The number of imidazole rings is 1. The third kappa shape index (κ3) is 2.45. The van der Waals surface area contributed by atoms with E-state index in [0.29, 0.717) is 13.0 Å². The molecule has 1 aromatic carbocycles. The van der Waals surface area contributed by atoms with E-state index in [1.165, 1.54) is 5.56 Å². The molecule has 0 saturated heterocycles. The normalized spacial score (nSPS) is 10.8. The molecule has 0 spiro atoms. The van der Waals surface area contributed by atoms with Crippen LogP contribution in [0.25, 0.3) is 11.0 Å². The van der Waals surface area contributed by atoms with Crippen molar-refractivity contribution in [3.8, 4) is 0 Å². The van der Waals surface area contributed by atoms with Gasteiger partial charge in [0.15, 0.2) is 18.9 Å². The van der Waals surface area contributed by atoms with E-state index >= 15 is 0 Å². The lowest BCUT2D eigenvalue weighted by molar-refractivity contribution is -0.695. The van der Waals surface area contributed by atoms with Crippen LogP contribution in [0.5, 0.6) is 0 Å². The Morgan fingerprint density at radius 2 is 1.95 bits per heavy atom. The van der Waals surface area contributed by atoms with Gasteiger partial charge in [-0.1, -0.05) is 12.1 Å². The Hall–Kier alpha value is -2.49. The fourth-order valence-corrected chi connectivity index (χ4v) is 2.18. The molecule has 3 aromatic rings. The maximum absolute atomic E-state index is 12.3. The highest BCUT2D eigenvalue weighted by Gasteiger charge is 2.11. The number of hydrogen-bond acceptors (Lipinski definition) is 2. The number of aryl methyl sites for hydroxylation is 2. The molecule has 0 saturated carbocycles. The van der Waals surface area contributed by atoms with Crippen LogP contribution in [0.1, 0.15) is 16.8 Å². The van der Waals surface area contributed by atoms with E-state index in [1.807, 2.05) is 60.3 Å². The van der Waals surface area contributed by atoms with Crippen molar-refractivity contribution >= 4 is 16.9 Å². The van der Waals surface area contributed by atoms with Gasteiger partial charge in [0.25, 0.3) is 0 Å². The third-order valence-corrected chi connectivity index (χ3v) is 3.36. The van der Waals surface area contributed by atoms with Crippen LogP contribution in [0.15, 0.2) is 55.1 Å². The average Bonchev–Trinajstić information content (AvgIpc) is 2.90. The number of nitrogens with zero attached hydrogens (tertiary/aromatic N) is 3. The summed E-state index contributed by atoms with van der Waals surface area (Å²) in [5.41, 5.74) is 2.93. The highest BCUT2D eigenvalue weighted by molar-refractivity contribution is 5.89. The molecular weight excluding hydrogens is 250 g/mol. The summed E-state index contributed by atoms with van der Waals surface area (Å²) < 4.78 is 3.65. The second-order valence-corrected chi connectivity index (χ2v) is 4.86. The Kier molecular flexibility index (Phi) is 3.29. The number of fused-ring (bicyclic) bond motifs is 1. The minimum Gasteiger partial charge on any atom is -0.274 e. The first-order valence-corrected chi connectivity index (χ1v) is 6.65. The highest BCUT2D eigenvalue weighted by atomic mass is 16.2. The Balaban J connectivity index is 1.75. The molecule has 2 aromatic heterocycles. The summed E-state index contributed by atoms with van der Waals surface area (Å²) in [5, 5.41) is 0. The smallest absolute Gasteiger partial charge is 0.238 e. The maximum atomic E-state index is 12.3. The van der Waals surface area contributed by atoms with Crippen LogP contribution in [0.2, 0.25) is 0 Å². The predicted molar refractivity (Wildman–Crippen MR) is 76.4 cm³/mol. The molecule has 0 bridgehead atoms. The fraction of sp³-hybridized carbons (Fsp3) is 0.188. The highest BCUT2D eigenvalue weighted by Crippen LogP contribution is 2.12. The van der Waals surface area contributed by atoms with Crippen molar-refractivity contribution in [1.82, 2.24) is 9.55 Å². The van der Waals surface area contributed by atoms with Crippen LogP contribution < -0.4 is 4.57 Å². The number of benzene rings is 1. The van der Waals surface area contributed by atoms with E-state index in [-0.39, 0.29) is 5.91 Å². The average molecular weight is 266 g/mol. The summed E-state index contributed by atoms with van der Waals surface area (Å²) in [5.74, 6) is 0.0618. The number of pyridine rings is 1. The molecule has 0 fully saturated rings. The summed E-state index contributed by atoms with van der Waals surface area (Å²) >= 11 is 0. The second-order valence-electron chi connectivity index (χ2n) is 4.86. The van der Waals surface area contributed by atoms with Gasteiger partial charge in [-0.2, -0.15) is 0 Å². The molecule has 20 heavy (non-hydrogen) atoms. The SMILES string of the molecule is Cc1cc[n+](CCC(=O)n2cnc3ccccc32)cc1. The van der Waals surface area contributed by atoms with Gasteiger partial charge in [-0.05, 0) is 24.6 Å². The Morgan fingerprint density at radius 1 is 1.20 bits per heavy atom. The van der Waals surface area contributed by atoms with Gasteiger partial charge >= 0.3 is 0 Å². The molecule has 100 valence electrons. The number of carbonyl (C=O) groups excluding carboxylic acids is 1. The van der Waals surface area contributed by atoms with Crippen LogP contribution in [-0.4, -0.2) is 15.5 Å².